The number of hydrogen-bond donors (Lipinski definition) is 3. The van der Waals surface area contributed by atoms with Crippen molar-refractivity contribution in [2.75, 3.05) is 18.4 Å². The SMILES string of the molecule is N#Cc1cc([N+](=O)[O-])ccc1NCCNC(N)=O. The van der Waals surface area contributed by atoms with Gasteiger partial charge in [0.05, 0.1) is 16.2 Å². The van der Waals surface area contributed by atoms with Crippen molar-refractivity contribution in [2.45, 2.75) is 0 Å². The minimum absolute atomic E-state index is 0.146. The lowest BCUT2D eigenvalue weighted by molar-refractivity contribution is -0.384. The topological polar surface area (TPSA) is 134 Å². The number of non-ortho nitro benzene ring substituents is 1. The van der Waals surface area contributed by atoms with Crippen molar-refractivity contribution in [3.8, 4) is 6.07 Å². The number of nitrogens with zero attached hydrogens (tertiary/aromatic N) is 2. The Bertz CT molecular complexity index is 509. The van der Waals surface area contributed by atoms with E-state index in [9.17, 15) is 14.9 Å². The number of carbonyl (C=O) groups is 1. The van der Waals surface area contributed by atoms with E-state index in [1.54, 1.807) is 0 Å². The Hall–Kier alpha value is -2.82. The number of nitro benzene ring substituents is 1. The molecule has 1 aromatic rings. The highest BCUT2D eigenvalue weighted by atomic mass is 16.6. The van der Waals surface area contributed by atoms with Crippen LogP contribution in [0.4, 0.5) is 16.2 Å². The van der Waals surface area contributed by atoms with Gasteiger partial charge in [0.2, 0.25) is 0 Å². The number of nitro groups is 1. The number of nitrogens with two attached hydrogens (primary N) is 1. The van der Waals surface area contributed by atoms with Crippen LogP contribution >= 0.6 is 0 Å². The zero-order valence-corrected chi connectivity index (χ0v) is 9.34. The second-order valence-corrected chi connectivity index (χ2v) is 3.32. The molecule has 0 saturated carbocycles. The number of nitrogens with one attached hydrogen (secondary N) is 2. The summed E-state index contributed by atoms with van der Waals surface area (Å²) in [6, 6.07) is 5.15. The van der Waals surface area contributed by atoms with Crippen LogP contribution in [0.25, 0.3) is 0 Å². The number of carbonyl (C=O) groups excluding carboxylic acids is 1. The first-order chi connectivity index (χ1) is 8.54. The third-order valence-electron chi connectivity index (χ3n) is 2.07. The standard InChI is InChI=1S/C10H11N5O3/c11-6-7-5-8(15(17)18)1-2-9(7)13-3-4-14-10(12)16/h1-2,5,13H,3-4H2,(H3,12,14,16). The van der Waals surface area contributed by atoms with Crippen LogP contribution in [-0.4, -0.2) is 24.0 Å². The van der Waals surface area contributed by atoms with E-state index in [0.717, 1.165) is 0 Å². The molecule has 8 heteroatoms. The van der Waals surface area contributed by atoms with Crippen LogP contribution in [0.5, 0.6) is 0 Å². The highest BCUT2D eigenvalue weighted by molar-refractivity contribution is 5.71. The zero-order valence-electron chi connectivity index (χ0n) is 9.34. The molecule has 0 atom stereocenters. The number of anilines is 1. The lowest BCUT2D eigenvalue weighted by Gasteiger charge is -2.07. The fourth-order valence-corrected chi connectivity index (χ4v) is 1.28. The quantitative estimate of drug-likeness (QED) is 0.398. The largest absolute Gasteiger partial charge is 0.382 e. The maximum absolute atomic E-state index is 10.5. The van der Waals surface area contributed by atoms with Crippen molar-refractivity contribution >= 4 is 17.4 Å². The molecule has 0 bridgehead atoms. The van der Waals surface area contributed by atoms with Crippen molar-refractivity contribution in [1.82, 2.24) is 5.32 Å². The van der Waals surface area contributed by atoms with Gasteiger partial charge in [0.15, 0.2) is 0 Å². The third-order valence-corrected chi connectivity index (χ3v) is 2.07. The van der Waals surface area contributed by atoms with E-state index in [1.807, 2.05) is 6.07 Å². The predicted octanol–water partition coefficient (Wildman–Crippen LogP) is 0.547. The molecule has 18 heavy (non-hydrogen) atoms. The summed E-state index contributed by atoms with van der Waals surface area (Å²) in [6.07, 6.45) is 0. The Morgan fingerprint density at radius 1 is 1.50 bits per heavy atom. The molecule has 0 unspecified atom stereocenters. The maximum atomic E-state index is 10.5. The molecule has 0 aromatic heterocycles. The van der Waals surface area contributed by atoms with Gasteiger partial charge in [0, 0.05) is 25.2 Å². The zero-order chi connectivity index (χ0) is 13.5. The van der Waals surface area contributed by atoms with E-state index in [0.29, 0.717) is 12.2 Å². The van der Waals surface area contributed by atoms with Crippen LogP contribution in [0.3, 0.4) is 0 Å². The molecule has 0 radical (unpaired) electrons. The molecular weight excluding hydrogens is 238 g/mol. The van der Waals surface area contributed by atoms with E-state index in [-0.39, 0.29) is 17.8 Å². The Labute approximate surface area is 103 Å². The molecule has 2 amide bonds. The first-order valence-electron chi connectivity index (χ1n) is 5.00. The lowest BCUT2D eigenvalue weighted by Crippen LogP contribution is -2.33. The second kappa shape index (κ2) is 6.05. The molecule has 0 aliphatic rings. The Balaban J connectivity index is 2.69. The molecule has 8 nitrogen and oxygen atoms in total. The molecule has 4 N–H and O–H groups in total. The molecule has 0 spiro atoms. The van der Waals surface area contributed by atoms with Crippen molar-refractivity contribution in [3.63, 3.8) is 0 Å². The Morgan fingerprint density at radius 2 is 2.22 bits per heavy atom. The molecular formula is C10H11N5O3. The fraction of sp³-hybridized carbons (Fsp3) is 0.200. The first-order valence-corrected chi connectivity index (χ1v) is 5.00. The van der Waals surface area contributed by atoms with Crippen molar-refractivity contribution in [1.29, 1.82) is 5.26 Å². The van der Waals surface area contributed by atoms with Gasteiger partial charge >= 0.3 is 6.03 Å². The van der Waals surface area contributed by atoms with Gasteiger partial charge in [-0.3, -0.25) is 10.1 Å². The van der Waals surface area contributed by atoms with Crippen LogP contribution in [-0.2, 0) is 0 Å². The summed E-state index contributed by atoms with van der Waals surface area (Å²) >= 11 is 0. The van der Waals surface area contributed by atoms with E-state index >= 15 is 0 Å². The number of primary amides is 1. The van der Waals surface area contributed by atoms with E-state index < -0.39 is 11.0 Å². The average Bonchev–Trinajstić information content (AvgIpc) is 2.34. The fourth-order valence-electron chi connectivity index (χ4n) is 1.28. The second-order valence-electron chi connectivity index (χ2n) is 3.32. The van der Waals surface area contributed by atoms with E-state index in [4.69, 9.17) is 11.0 Å². The summed E-state index contributed by atoms with van der Waals surface area (Å²) in [5.74, 6) is 0. The van der Waals surface area contributed by atoms with Crippen LogP contribution < -0.4 is 16.4 Å². The van der Waals surface area contributed by atoms with Gasteiger partial charge in [-0.1, -0.05) is 0 Å². The molecule has 0 heterocycles. The van der Waals surface area contributed by atoms with Crippen molar-refractivity contribution in [2.24, 2.45) is 5.73 Å². The summed E-state index contributed by atoms with van der Waals surface area (Å²) in [7, 11) is 0. The lowest BCUT2D eigenvalue weighted by atomic mass is 10.1. The Kier molecular flexibility index (Phi) is 4.45. The summed E-state index contributed by atoms with van der Waals surface area (Å²) in [6.45, 7) is 0.645. The average molecular weight is 249 g/mol. The van der Waals surface area contributed by atoms with Crippen LogP contribution in [0, 0.1) is 21.4 Å². The molecule has 1 rings (SSSR count). The van der Waals surface area contributed by atoms with Gasteiger partial charge in [0.25, 0.3) is 5.69 Å². The van der Waals surface area contributed by atoms with Crippen molar-refractivity contribution < 1.29 is 9.72 Å². The van der Waals surface area contributed by atoms with Crippen LogP contribution in [0.15, 0.2) is 18.2 Å². The normalized spacial score (nSPS) is 9.28. The number of amides is 2. The maximum Gasteiger partial charge on any atom is 0.312 e. The smallest absolute Gasteiger partial charge is 0.312 e. The number of benzene rings is 1. The number of nitriles is 1. The summed E-state index contributed by atoms with van der Waals surface area (Å²) in [4.78, 5) is 20.4. The molecule has 0 aliphatic carbocycles. The molecule has 0 fully saturated rings. The number of rotatable bonds is 5. The van der Waals surface area contributed by atoms with Gasteiger partial charge in [-0.15, -0.1) is 0 Å². The van der Waals surface area contributed by atoms with Crippen LogP contribution in [0.2, 0.25) is 0 Å². The van der Waals surface area contributed by atoms with E-state index in [1.165, 1.54) is 18.2 Å². The minimum atomic E-state index is -0.638. The molecule has 0 saturated heterocycles. The molecule has 0 aliphatic heterocycles. The highest BCUT2D eigenvalue weighted by Gasteiger charge is 2.10. The van der Waals surface area contributed by atoms with Gasteiger partial charge in [0.1, 0.15) is 6.07 Å². The molecule has 94 valence electrons. The first kappa shape index (κ1) is 13.2. The third kappa shape index (κ3) is 3.64. The summed E-state index contributed by atoms with van der Waals surface area (Å²) < 4.78 is 0. The van der Waals surface area contributed by atoms with Gasteiger partial charge in [-0.05, 0) is 6.07 Å². The Morgan fingerprint density at radius 3 is 2.78 bits per heavy atom. The minimum Gasteiger partial charge on any atom is -0.382 e. The van der Waals surface area contributed by atoms with Crippen LogP contribution in [0.1, 0.15) is 5.56 Å². The van der Waals surface area contributed by atoms with Gasteiger partial charge in [-0.2, -0.15) is 5.26 Å². The van der Waals surface area contributed by atoms with Gasteiger partial charge < -0.3 is 16.4 Å². The highest BCUT2D eigenvalue weighted by Crippen LogP contribution is 2.20. The van der Waals surface area contributed by atoms with E-state index in [2.05, 4.69) is 10.6 Å². The number of hydrogen-bond acceptors (Lipinski definition) is 5. The number of urea groups is 1. The molecule has 1 aromatic carbocycles. The van der Waals surface area contributed by atoms with Crippen molar-refractivity contribution in [3.05, 3.63) is 33.9 Å². The monoisotopic (exact) mass is 249 g/mol. The summed E-state index contributed by atoms with van der Waals surface area (Å²) in [5.41, 5.74) is 5.37. The van der Waals surface area contributed by atoms with Gasteiger partial charge in [-0.25, -0.2) is 4.79 Å². The predicted molar refractivity (Wildman–Crippen MR) is 63.9 cm³/mol. The summed E-state index contributed by atoms with van der Waals surface area (Å²) in [5, 5.41) is 24.6.